The van der Waals surface area contributed by atoms with Gasteiger partial charge >= 0.3 is 0 Å². The van der Waals surface area contributed by atoms with Gasteiger partial charge in [0.05, 0.1) is 0 Å². The normalized spacial score (nSPS) is 11.1. The number of carbonyl (C=O) groups excluding carboxylic acids is 1. The Hall–Kier alpha value is -2.85. The molecule has 0 aliphatic carbocycles. The summed E-state index contributed by atoms with van der Waals surface area (Å²) < 4.78 is 5.68. The second kappa shape index (κ2) is 7.80. The highest BCUT2D eigenvalue weighted by molar-refractivity contribution is 7.80. The van der Waals surface area contributed by atoms with Crippen LogP contribution in [0, 0.1) is 0 Å². The van der Waals surface area contributed by atoms with Crippen LogP contribution in [0.25, 0.3) is 0 Å². The molecule has 0 aliphatic heterocycles. The van der Waals surface area contributed by atoms with E-state index in [0.717, 1.165) is 17.2 Å². The third-order valence-corrected chi connectivity index (χ3v) is 4.29. The van der Waals surface area contributed by atoms with Crippen molar-refractivity contribution in [2.75, 3.05) is 16.0 Å². The highest BCUT2D eigenvalue weighted by atomic mass is 32.1. The van der Waals surface area contributed by atoms with E-state index in [1.165, 1.54) is 0 Å². The van der Waals surface area contributed by atoms with Crippen molar-refractivity contribution in [1.82, 2.24) is 19.1 Å². The van der Waals surface area contributed by atoms with Crippen molar-refractivity contribution in [3.63, 3.8) is 0 Å². The number of anilines is 3. The van der Waals surface area contributed by atoms with Crippen LogP contribution < -0.4 is 16.0 Å². The number of benzene rings is 1. The molecular weight excluding hydrogens is 382 g/mol. The summed E-state index contributed by atoms with van der Waals surface area (Å²) in [6.45, 7) is 6.26. The summed E-state index contributed by atoms with van der Waals surface area (Å²) in [5.41, 5.74) is 1.62. The van der Waals surface area contributed by atoms with Gasteiger partial charge in [-0.2, -0.15) is 0 Å². The van der Waals surface area contributed by atoms with Crippen molar-refractivity contribution in [1.29, 1.82) is 0 Å². The SMILES string of the molecule is CC(C)(C)n1ccnc1NC(=S)Nc1ccc(NC(=O)c2csnn2)cc1. The zero-order chi connectivity index (χ0) is 19.4. The minimum absolute atomic E-state index is 0.110. The van der Waals surface area contributed by atoms with Gasteiger partial charge in [-0.15, -0.1) is 5.10 Å². The van der Waals surface area contributed by atoms with E-state index in [2.05, 4.69) is 51.3 Å². The average molecular weight is 402 g/mol. The quantitative estimate of drug-likeness (QED) is 0.575. The predicted molar refractivity (Wildman–Crippen MR) is 111 cm³/mol. The Morgan fingerprint density at radius 2 is 1.78 bits per heavy atom. The summed E-state index contributed by atoms with van der Waals surface area (Å²) in [4.78, 5) is 16.3. The molecule has 0 spiro atoms. The monoisotopic (exact) mass is 401 g/mol. The van der Waals surface area contributed by atoms with E-state index >= 15 is 0 Å². The maximum Gasteiger partial charge on any atom is 0.277 e. The Balaban J connectivity index is 1.59. The lowest BCUT2D eigenvalue weighted by Crippen LogP contribution is -2.27. The number of aromatic nitrogens is 4. The molecule has 0 radical (unpaired) electrons. The molecule has 3 aromatic rings. The largest absolute Gasteiger partial charge is 0.332 e. The maximum absolute atomic E-state index is 12.0. The highest BCUT2D eigenvalue weighted by Crippen LogP contribution is 2.20. The van der Waals surface area contributed by atoms with Crippen molar-refractivity contribution in [2.45, 2.75) is 26.3 Å². The van der Waals surface area contributed by atoms with Crippen LogP contribution in [0.5, 0.6) is 0 Å². The summed E-state index contributed by atoms with van der Waals surface area (Å²) >= 11 is 6.50. The number of amides is 1. The number of carbonyl (C=O) groups is 1. The van der Waals surface area contributed by atoms with Gasteiger partial charge < -0.3 is 20.5 Å². The van der Waals surface area contributed by atoms with Crippen LogP contribution in [-0.4, -0.2) is 30.2 Å². The molecule has 0 saturated carbocycles. The molecule has 0 fully saturated rings. The molecule has 10 heteroatoms. The molecule has 0 aliphatic rings. The van der Waals surface area contributed by atoms with Crippen molar-refractivity contribution < 1.29 is 4.79 Å². The number of thiocarbonyl (C=S) groups is 1. The summed E-state index contributed by atoms with van der Waals surface area (Å²) in [6, 6.07) is 7.19. The predicted octanol–water partition coefficient (Wildman–Crippen LogP) is 3.55. The lowest BCUT2D eigenvalue weighted by Gasteiger charge is -2.23. The van der Waals surface area contributed by atoms with Crippen molar-refractivity contribution in [3.8, 4) is 0 Å². The van der Waals surface area contributed by atoms with Gasteiger partial charge in [-0.3, -0.25) is 4.79 Å². The van der Waals surface area contributed by atoms with Crippen molar-refractivity contribution in [2.24, 2.45) is 0 Å². The van der Waals surface area contributed by atoms with Crippen LogP contribution in [0.3, 0.4) is 0 Å². The van der Waals surface area contributed by atoms with Crippen LogP contribution in [0.4, 0.5) is 17.3 Å². The molecule has 0 saturated heterocycles. The topological polar surface area (TPSA) is 96.8 Å². The van der Waals surface area contributed by atoms with Crippen LogP contribution in [-0.2, 0) is 5.54 Å². The summed E-state index contributed by atoms with van der Waals surface area (Å²) in [5, 5.41) is 14.7. The molecule has 0 unspecified atom stereocenters. The Kier molecular flexibility index (Phi) is 5.47. The van der Waals surface area contributed by atoms with Crippen LogP contribution in [0.1, 0.15) is 31.3 Å². The molecule has 0 atom stereocenters. The molecule has 1 aromatic carbocycles. The average Bonchev–Trinajstić information content (AvgIpc) is 3.27. The molecule has 3 N–H and O–H groups in total. The smallest absolute Gasteiger partial charge is 0.277 e. The zero-order valence-electron chi connectivity index (χ0n) is 15.1. The van der Waals surface area contributed by atoms with Gasteiger partial charge in [0.15, 0.2) is 10.8 Å². The first-order valence-electron chi connectivity index (χ1n) is 8.13. The minimum atomic E-state index is -0.296. The van der Waals surface area contributed by atoms with Gasteiger partial charge in [-0.25, -0.2) is 4.98 Å². The molecule has 3 rings (SSSR count). The van der Waals surface area contributed by atoms with Crippen LogP contribution >= 0.6 is 23.8 Å². The number of rotatable bonds is 4. The Labute approximate surface area is 166 Å². The molecule has 140 valence electrons. The van der Waals surface area contributed by atoms with Gasteiger partial charge in [0.25, 0.3) is 5.91 Å². The number of nitrogens with one attached hydrogen (secondary N) is 3. The molecule has 0 bridgehead atoms. The third kappa shape index (κ3) is 4.86. The molecule has 2 aromatic heterocycles. The Morgan fingerprint density at radius 1 is 1.11 bits per heavy atom. The number of hydrogen-bond donors (Lipinski definition) is 3. The fourth-order valence-corrected chi connectivity index (χ4v) is 2.94. The van der Waals surface area contributed by atoms with E-state index in [9.17, 15) is 4.79 Å². The number of hydrogen-bond acceptors (Lipinski definition) is 6. The lowest BCUT2D eigenvalue weighted by atomic mass is 10.1. The van der Waals surface area contributed by atoms with Gasteiger partial charge in [-0.05, 0) is 68.8 Å². The van der Waals surface area contributed by atoms with E-state index in [1.807, 2.05) is 22.9 Å². The van der Waals surface area contributed by atoms with E-state index in [4.69, 9.17) is 12.2 Å². The van der Waals surface area contributed by atoms with Gasteiger partial charge in [0.2, 0.25) is 5.95 Å². The number of nitrogens with zero attached hydrogens (tertiary/aromatic N) is 4. The first-order valence-corrected chi connectivity index (χ1v) is 9.38. The first kappa shape index (κ1) is 18.9. The number of imidazole rings is 1. The Morgan fingerprint density at radius 3 is 2.37 bits per heavy atom. The highest BCUT2D eigenvalue weighted by Gasteiger charge is 2.17. The van der Waals surface area contributed by atoms with Crippen LogP contribution in [0.15, 0.2) is 42.0 Å². The standard InChI is InChI=1S/C17H19N7OS2/c1-17(2,3)24-9-8-18-15(24)21-16(26)20-12-6-4-11(5-7-12)19-14(25)13-10-27-23-22-13/h4-10H,1-3H3,(H,19,25)(H2,18,20,21,26). The van der Waals surface area contributed by atoms with Crippen molar-refractivity contribution in [3.05, 3.63) is 47.7 Å². The fraction of sp³-hybridized carbons (Fsp3) is 0.235. The Bertz CT molecular complexity index is 927. The summed E-state index contributed by atoms with van der Waals surface area (Å²) in [6.07, 6.45) is 3.63. The zero-order valence-corrected chi connectivity index (χ0v) is 16.7. The first-order chi connectivity index (χ1) is 12.8. The van der Waals surface area contributed by atoms with E-state index in [0.29, 0.717) is 22.4 Å². The summed E-state index contributed by atoms with van der Waals surface area (Å²) in [7, 11) is 0. The molecule has 8 nitrogen and oxygen atoms in total. The second-order valence-electron chi connectivity index (χ2n) is 6.69. The van der Waals surface area contributed by atoms with Crippen LogP contribution in [0.2, 0.25) is 0 Å². The van der Waals surface area contributed by atoms with Crippen molar-refractivity contribution >= 4 is 52.1 Å². The maximum atomic E-state index is 12.0. The molecule has 2 heterocycles. The van der Waals surface area contributed by atoms with Gasteiger partial charge in [0.1, 0.15) is 0 Å². The molecular formula is C17H19N7OS2. The van der Waals surface area contributed by atoms with Gasteiger partial charge in [-0.1, -0.05) is 4.49 Å². The fourth-order valence-electron chi connectivity index (χ4n) is 2.30. The van der Waals surface area contributed by atoms with E-state index in [1.54, 1.807) is 23.7 Å². The molecule has 27 heavy (non-hydrogen) atoms. The summed E-state index contributed by atoms with van der Waals surface area (Å²) in [5.74, 6) is 0.372. The minimum Gasteiger partial charge on any atom is -0.332 e. The van der Waals surface area contributed by atoms with E-state index < -0.39 is 0 Å². The van der Waals surface area contributed by atoms with Gasteiger partial charge in [0, 0.05) is 34.7 Å². The lowest BCUT2D eigenvalue weighted by molar-refractivity contribution is 0.102. The second-order valence-corrected chi connectivity index (χ2v) is 7.71. The molecule has 1 amide bonds. The van der Waals surface area contributed by atoms with E-state index in [-0.39, 0.29) is 11.4 Å². The third-order valence-electron chi connectivity index (χ3n) is 3.58.